The van der Waals surface area contributed by atoms with Crippen molar-refractivity contribution in [2.75, 3.05) is 7.11 Å². The highest BCUT2D eigenvalue weighted by molar-refractivity contribution is 8.21. The SMILES string of the molecule is COc1ncc(Cl)cc1SCl. The van der Waals surface area contributed by atoms with E-state index in [0.29, 0.717) is 10.9 Å². The molecule has 0 saturated carbocycles. The normalized spacial score (nSPS) is 9.73. The molecule has 0 saturated heterocycles. The number of nitrogens with zero attached hydrogens (tertiary/aromatic N) is 1. The number of hydrogen-bond acceptors (Lipinski definition) is 3. The van der Waals surface area contributed by atoms with Crippen LogP contribution in [0.2, 0.25) is 5.02 Å². The number of pyridine rings is 1. The van der Waals surface area contributed by atoms with Crippen LogP contribution >= 0.6 is 33.3 Å². The van der Waals surface area contributed by atoms with E-state index in [1.165, 1.54) is 13.3 Å². The lowest BCUT2D eigenvalue weighted by molar-refractivity contribution is 0.387. The number of methoxy groups -OCH3 is 1. The first-order valence-corrected chi connectivity index (χ1v) is 4.78. The highest BCUT2D eigenvalue weighted by Gasteiger charge is 2.03. The molecule has 0 unspecified atom stereocenters. The van der Waals surface area contributed by atoms with Crippen molar-refractivity contribution in [2.24, 2.45) is 0 Å². The Morgan fingerprint density at radius 2 is 2.36 bits per heavy atom. The Bertz CT molecular complexity index is 256. The molecule has 0 bridgehead atoms. The fourth-order valence-corrected chi connectivity index (χ4v) is 1.54. The van der Waals surface area contributed by atoms with Gasteiger partial charge in [-0.1, -0.05) is 11.6 Å². The van der Waals surface area contributed by atoms with Gasteiger partial charge in [0.05, 0.1) is 17.0 Å². The predicted molar refractivity (Wildman–Crippen MR) is 47.5 cm³/mol. The van der Waals surface area contributed by atoms with Gasteiger partial charge in [0.15, 0.2) is 0 Å². The van der Waals surface area contributed by atoms with Gasteiger partial charge in [0.25, 0.3) is 0 Å². The summed E-state index contributed by atoms with van der Waals surface area (Å²) >= 11 is 5.66. The molecule has 2 nitrogen and oxygen atoms in total. The minimum atomic E-state index is 0.495. The molecular formula is C6H5Cl2NOS. The molecule has 1 aromatic rings. The van der Waals surface area contributed by atoms with Crippen molar-refractivity contribution in [3.63, 3.8) is 0 Å². The fraction of sp³-hybridized carbons (Fsp3) is 0.167. The highest BCUT2D eigenvalue weighted by atomic mass is 35.7. The lowest BCUT2D eigenvalue weighted by Crippen LogP contribution is -1.88. The van der Waals surface area contributed by atoms with Crippen LogP contribution < -0.4 is 4.74 Å². The lowest BCUT2D eigenvalue weighted by Gasteiger charge is -2.02. The molecule has 60 valence electrons. The van der Waals surface area contributed by atoms with Crippen molar-refractivity contribution in [2.45, 2.75) is 4.90 Å². The van der Waals surface area contributed by atoms with Crippen LogP contribution in [0, 0.1) is 0 Å². The van der Waals surface area contributed by atoms with Gasteiger partial charge >= 0.3 is 0 Å². The van der Waals surface area contributed by atoms with E-state index in [1.54, 1.807) is 6.07 Å². The average molecular weight is 210 g/mol. The molecule has 1 heterocycles. The summed E-state index contributed by atoms with van der Waals surface area (Å²) in [5.74, 6) is 0.495. The molecule has 0 aliphatic rings. The molecule has 0 fully saturated rings. The maximum absolute atomic E-state index is 5.66. The van der Waals surface area contributed by atoms with Crippen molar-refractivity contribution in [1.82, 2.24) is 4.98 Å². The number of rotatable bonds is 2. The Morgan fingerprint density at radius 3 is 2.91 bits per heavy atom. The molecule has 5 heteroatoms. The van der Waals surface area contributed by atoms with E-state index in [4.69, 9.17) is 27.0 Å². The van der Waals surface area contributed by atoms with E-state index in [-0.39, 0.29) is 0 Å². The van der Waals surface area contributed by atoms with Gasteiger partial charge in [0.2, 0.25) is 5.88 Å². The summed E-state index contributed by atoms with van der Waals surface area (Å²) in [4.78, 5) is 4.63. The first-order chi connectivity index (χ1) is 5.27. The largest absolute Gasteiger partial charge is 0.480 e. The summed E-state index contributed by atoms with van der Waals surface area (Å²) < 4.78 is 4.92. The van der Waals surface area contributed by atoms with Gasteiger partial charge in [-0.2, -0.15) is 0 Å². The minimum Gasteiger partial charge on any atom is -0.480 e. The van der Waals surface area contributed by atoms with Gasteiger partial charge in [-0.3, -0.25) is 0 Å². The average Bonchev–Trinajstić information content (AvgIpc) is 2.04. The van der Waals surface area contributed by atoms with Crippen molar-refractivity contribution >= 4 is 33.3 Å². The highest BCUT2D eigenvalue weighted by Crippen LogP contribution is 2.31. The van der Waals surface area contributed by atoms with Gasteiger partial charge in [-0.25, -0.2) is 4.98 Å². The first kappa shape index (κ1) is 8.97. The molecule has 1 rings (SSSR count). The van der Waals surface area contributed by atoms with Crippen LogP contribution in [-0.4, -0.2) is 12.1 Å². The monoisotopic (exact) mass is 209 g/mol. The van der Waals surface area contributed by atoms with Crippen molar-refractivity contribution < 1.29 is 4.74 Å². The summed E-state index contributed by atoms with van der Waals surface area (Å²) in [5.41, 5.74) is 0. The molecule has 0 aromatic carbocycles. The number of ether oxygens (including phenoxy) is 1. The Morgan fingerprint density at radius 1 is 1.64 bits per heavy atom. The number of halogens is 2. The molecule has 11 heavy (non-hydrogen) atoms. The zero-order chi connectivity index (χ0) is 8.27. The van der Waals surface area contributed by atoms with Crippen molar-refractivity contribution in [1.29, 1.82) is 0 Å². The quantitative estimate of drug-likeness (QED) is 0.748. The summed E-state index contributed by atoms with van der Waals surface area (Å²) in [6.45, 7) is 0. The molecule has 0 aliphatic heterocycles. The van der Waals surface area contributed by atoms with E-state index in [1.807, 2.05) is 0 Å². The van der Waals surface area contributed by atoms with Crippen LogP contribution in [0.3, 0.4) is 0 Å². The van der Waals surface area contributed by atoms with Crippen LogP contribution in [0.15, 0.2) is 17.2 Å². The second-order valence-corrected chi connectivity index (χ2v) is 3.23. The van der Waals surface area contributed by atoms with Gasteiger partial charge in [-0.15, -0.1) is 0 Å². The zero-order valence-electron chi connectivity index (χ0n) is 5.67. The third-order valence-corrected chi connectivity index (χ3v) is 2.23. The Labute approximate surface area is 78.4 Å². The first-order valence-electron chi connectivity index (χ1n) is 2.76. The predicted octanol–water partition coefficient (Wildman–Crippen LogP) is 2.99. The Hall–Kier alpha value is -0.120. The number of aromatic nitrogens is 1. The van der Waals surface area contributed by atoms with Crippen LogP contribution in [0.25, 0.3) is 0 Å². The second-order valence-electron chi connectivity index (χ2n) is 1.74. The molecule has 0 N–H and O–H groups in total. The maximum atomic E-state index is 5.66. The standard InChI is InChI=1S/C6H5Cl2NOS/c1-10-6-5(11-8)2-4(7)3-9-6/h2-3H,1H3. The molecular weight excluding hydrogens is 205 g/mol. The minimum absolute atomic E-state index is 0.495. The lowest BCUT2D eigenvalue weighted by atomic mass is 10.5. The summed E-state index contributed by atoms with van der Waals surface area (Å²) in [6.07, 6.45) is 1.51. The molecule has 0 aliphatic carbocycles. The van der Waals surface area contributed by atoms with E-state index in [2.05, 4.69) is 4.98 Å². The molecule has 1 aromatic heterocycles. The van der Waals surface area contributed by atoms with Crippen LogP contribution in [-0.2, 0) is 0 Å². The Kier molecular flexibility index (Phi) is 3.30. The van der Waals surface area contributed by atoms with Gasteiger partial charge in [-0.05, 0) is 27.7 Å². The number of hydrogen-bond donors (Lipinski definition) is 0. The topological polar surface area (TPSA) is 22.1 Å². The summed E-state index contributed by atoms with van der Waals surface area (Å²) in [6, 6.07) is 1.70. The molecule has 0 spiro atoms. The van der Waals surface area contributed by atoms with Crippen molar-refractivity contribution in [3.05, 3.63) is 17.3 Å². The van der Waals surface area contributed by atoms with Gasteiger partial charge in [0, 0.05) is 6.20 Å². The maximum Gasteiger partial charge on any atom is 0.228 e. The zero-order valence-corrected chi connectivity index (χ0v) is 8.00. The van der Waals surface area contributed by atoms with Crippen LogP contribution in [0.4, 0.5) is 0 Å². The summed E-state index contributed by atoms with van der Waals surface area (Å²) in [7, 11) is 8.09. The fourth-order valence-electron chi connectivity index (χ4n) is 0.617. The molecule has 0 amide bonds. The second kappa shape index (κ2) is 4.04. The third-order valence-electron chi connectivity index (χ3n) is 1.06. The van der Waals surface area contributed by atoms with Crippen molar-refractivity contribution in [3.8, 4) is 5.88 Å². The Balaban J connectivity index is 3.06. The summed E-state index contributed by atoms with van der Waals surface area (Å²) in [5, 5.41) is 0.550. The molecule has 0 atom stereocenters. The van der Waals surface area contributed by atoms with E-state index >= 15 is 0 Å². The molecule has 0 radical (unpaired) electrons. The smallest absolute Gasteiger partial charge is 0.228 e. The van der Waals surface area contributed by atoms with Gasteiger partial charge in [0.1, 0.15) is 0 Å². The van der Waals surface area contributed by atoms with Gasteiger partial charge < -0.3 is 4.74 Å². The van der Waals surface area contributed by atoms with E-state index in [0.717, 1.165) is 15.9 Å². The van der Waals surface area contributed by atoms with E-state index < -0.39 is 0 Å². The van der Waals surface area contributed by atoms with Crippen LogP contribution in [0.1, 0.15) is 0 Å². The third kappa shape index (κ3) is 2.15. The van der Waals surface area contributed by atoms with E-state index in [9.17, 15) is 0 Å². The van der Waals surface area contributed by atoms with Crippen LogP contribution in [0.5, 0.6) is 5.88 Å².